The molecular formula is C20H20N2S. The summed E-state index contributed by atoms with van der Waals surface area (Å²) < 4.78 is 0. The number of nitriles is 1. The van der Waals surface area contributed by atoms with E-state index in [0.29, 0.717) is 11.3 Å². The molecule has 2 aliphatic rings. The van der Waals surface area contributed by atoms with Gasteiger partial charge in [0.25, 0.3) is 0 Å². The molecule has 2 nitrogen and oxygen atoms in total. The number of hydrogen-bond acceptors (Lipinski definition) is 3. The van der Waals surface area contributed by atoms with Gasteiger partial charge in [0.2, 0.25) is 0 Å². The van der Waals surface area contributed by atoms with Crippen molar-refractivity contribution in [3.63, 3.8) is 0 Å². The van der Waals surface area contributed by atoms with E-state index in [4.69, 9.17) is 5.26 Å². The van der Waals surface area contributed by atoms with E-state index < -0.39 is 0 Å². The van der Waals surface area contributed by atoms with Crippen LogP contribution in [0.1, 0.15) is 34.8 Å². The van der Waals surface area contributed by atoms with Gasteiger partial charge in [-0.25, -0.2) is 0 Å². The van der Waals surface area contributed by atoms with E-state index in [0.717, 1.165) is 5.56 Å². The summed E-state index contributed by atoms with van der Waals surface area (Å²) in [7, 11) is 0. The molecule has 116 valence electrons. The monoisotopic (exact) mass is 320 g/mol. The predicted octanol–water partition coefficient (Wildman–Crippen LogP) is 4.41. The second kappa shape index (κ2) is 6.39. The van der Waals surface area contributed by atoms with Crippen molar-refractivity contribution in [2.45, 2.75) is 35.4 Å². The molecule has 2 aromatic rings. The number of likely N-dealkylation sites (tertiary alicyclic amines) is 1. The lowest BCUT2D eigenvalue weighted by Gasteiger charge is -2.29. The number of nitrogens with zero attached hydrogens (tertiary/aromatic N) is 2. The molecule has 0 spiro atoms. The first-order valence-corrected chi connectivity index (χ1v) is 9.22. The van der Waals surface area contributed by atoms with Gasteiger partial charge in [0.1, 0.15) is 0 Å². The summed E-state index contributed by atoms with van der Waals surface area (Å²) >= 11 is 1.96. The van der Waals surface area contributed by atoms with Crippen LogP contribution in [0.3, 0.4) is 0 Å². The van der Waals surface area contributed by atoms with Crippen molar-refractivity contribution in [1.29, 1.82) is 5.26 Å². The Morgan fingerprint density at radius 2 is 1.74 bits per heavy atom. The van der Waals surface area contributed by atoms with E-state index in [2.05, 4.69) is 47.4 Å². The van der Waals surface area contributed by atoms with Crippen LogP contribution in [0.4, 0.5) is 0 Å². The molecule has 4 rings (SSSR count). The van der Waals surface area contributed by atoms with Crippen LogP contribution in [0.15, 0.2) is 53.4 Å². The summed E-state index contributed by atoms with van der Waals surface area (Å²) in [6.07, 6.45) is 3.84. The van der Waals surface area contributed by atoms with E-state index in [1.165, 1.54) is 48.4 Å². The molecule has 2 atom stereocenters. The molecule has 1 fully saturated rings. The highest BCUT2D eigenvalue weighted by Gasteiger charge is 2.37. The maximum absolute atomic E-state index is 8.97. The predicted molar refractivity (Wildman–Crippen MR) is 94.5 cm³/mol. The van der Waals surface area contributed by atoms with Crippen LogP contribution >= 0.6 is 11.8 Å². The van der Waals surface area contributed by atoms with E-state index in [1.807, 2.05) is 23.9 Å². The molecule has 1 heterocycles. The van der Waals surface area contributed by atoms with Gasteiger partial charge in [0, 0.05) is 10.9 Å². The summed E-state index contributed by atoms with van der Waals surface area (Å²) in [5.41, 5.74) is 3.74. The van der Waals surface area contributed by atoms with E-state index in [9.17, 15) is 0 Å². The third-order valence-corrected chi connectivity index (χ3v) is 6.36. The highest BCUT2D eigenvalue weighted by molar-refractivity contribution is 7.99. The van der Waals surface area contributed by atoms with Crippen molar-refractivity contribution in [2.24, 2.45) is 0 Å². The lowest BCUT2D eigenvalue weighted by Crippen LogP contribution is -2.35. The molecule has 0 amide bonds. The Morgan fingerprint density at radius 3 is 2.48 bits per heavy atom. The standard InChI is InChI=1S/C20H20N2S/c21-14-15-7-9-17(10-8-15)23-20-18-6-2-1-5-16(18)13-19(20)22-11-3-4-12-22/h1-2,5-10,19-20H,3-4,11-13H2/t19-,20-/m0/s1. The molecule has 3 heteroatoms. The fourth-order valence-electron chi connectivity index (χ4n) is 3.83. The van der Waals surface area contributed by atoms with Crippen LogP contribution in [0.5, 0.6) is 0 Å². The lowest BCUT2D eigenvalue weighted by molar-refractivity contribution is 0.247. The smallest absolute Gasteiger partial charge is 0.0991 e. The van der Waals surface area contributed by atoms with Crippen LogP contribution in [0.2, 0.25) is 0 Å². The average Bonchev–Trinajstić information content (AvgIpc) is 3.24. The maximum Gasteiger partial charge on any atom is 0.0991 e. The summed E-state index contributed by atoms with van der Waals surface area (Å²) in [6, 6.07) is 19.7. The quantitative estimate of drug-likeness (QED) is 0.838. The zero-order valence-corrected chi connectivity index (χ0v) is 13.9. The van der Waals surface area contributed by atoms with Crippen LogP contribution in [0, 0.1) is 11.3 Å². The molecule has 0 N–H and O–H groups in total. The fraction of sp³-hybridized carbons (Fsp3) is 0.350. The Labute approximate surface area is 142 Å². The molecule has 1 saturated heterocycles. The van der Waals surface area contributed by atoms with Crippen LogP contribution in [-0.2, 0) is 6.42 Å². The molecule has 0 bridgehead atoms. The second-order valence-corrected chi connectivity index (χ2v) is 7.60. The summed E-state index contributed by atoms with van der Waals surface area (Å²) in [6.45, 7) is 2.48. The Morgan fingerprint density at radius 1 is 1.00 bits per heavy atom. The zero-order valence-electron chi connectivity index (χ0n) is 13.1. The normalized spacial score (nSPS) is 23.6. The summed E-state index contributed by atoms with van der Waals surface area (Å²) in [5, 5.41) is 9.46. The van der Waals surface area contributed by atoms with Crippen molar-refractivity contribution in [3.8, 4) is 6.07 Å². The molecule has 2 aromatic carbocycles. The highest BCUT2D eigenvalue weighted by Crippen LogP contribution is 2.47. The molecule has 1 aliphatic carbocycles. The highest BCUT2D eigenvalue weighted by atomic mass is 32.2. The van der Waals surface area contributed by atoms with Gasteiger partial charge >= 0.3 is 0 Å². The van der Waals surface area contributed by atoms with Gasteiger partial charge in [-0.05, 0) is 67.7 Å². The summed E-state index contributed by atoms with van der Waals surface area (Å²) in [4.78, 5) is 3.94. The number of fused-ring (bicyclic) bond motifs is 1. The second-order valence-electron chi connectivity index (χ2n) is 6.39. The van der Waals surface area contributed by atoms with Crippen molar-refractivity contribution in [1.82, 2.24) is 4.90 Å². The van der Waals surface area contributed by atoms with Gasteiger partial charge in [-0.3, -0.25) is 4.90 Å². The van der Waals surface area contributed by atoms with Crippen LogP contribution in [0.25, 0.3) is 0 Å². The zero-order chi connectivity index (χ0) is 15.6. The van der Waals surface area contributed by atoms with Gasteiger partial charge in [0.05, 0.1) is 16.9 Å². The number of hydrogen-bond donors (Lipinski definition) is 0. The largest absolute Gasteiger partial charge is 0.299 e. The minimum atomic E-state index is 0.497. The Hall–Kier alpha value is -1.76. The Bertz CT molecular complexity index is 726. The third kappa shape index (κ3) is 2.89. The first-order chi connectivity index (χ1) is 11.3. The van der Waals surface area contributed by atoms with Gasteiger partial charge in [-0.2, -0.15) is 5.26 Å². The molecule has 23 heavy (non-hydrogen) atoms. The van der Waals surface area contributed by atoms with E-state index in [-0.39, 0.29) is 0 Å². The van der Waals surface area contributed by atoms with Crippen molar-refractivity contribution in [2.75, 3.05) is 13.1 Å². The summed E-state index contributed by atoms with van der Waals surface area (Å²) in [5.74, 6) is 0. The Balaban J connectivity index is 1.62. The number of rotatable bonds is 3. The van der Waals surface area contributed by atoms with Gasteiger partial charge < -0.3 is 0 Å². The van der Waals surface area contributed by atoms with E-state index in [1.54, 1.807) is 0 Å². The van der Waals surface area contributed by atoms with Crippen LogP contribution < -0.4 is 0 Å². The first kappa shape index (κ1) is 14.8. The van der Waals surface area contributed by atoms with Crippen molar-refractivity contribution >= 4 is 11.8 Å². The third-order valence-electron chi connectivity index (χ3n) is 5.00. The number of benzene rings is 2. The fourth-order valence-corrected chi connectivity index (χ4v) is 5.20. The molecule has 0 aromatic heterocycles. The number of thioether (sulfide) groups is 1. The van der Waals surface area contributed by atoms with Gasteiger partial charge in [-0.1, -0.05) is 24.3 Å². The molecule has 1 aliphatic heterocycles. The topological polar surface area (TPSA) is 27.0 Å². The Kier molecular flexibility index (Phi) is 4.11. The first-order valence-electron chi connectivity index (χ1n) is 8.34. The lowest BCUT2D eigenvalue weighted by atomic mass is 10.1. The maximum atomic E-state index is 8.97. The van der Waals surface area contributed by atoms with E-state index >= 15 is 0 Å². The molecule has 0 saturated carbocycles. The SMILES string of the molecule is N#Cc1ccc(S[C@H]2c3ccccc3C[C@@H]2N2CCCC2)cc1. The minimum Gasteiger partial charge on any atom is -0.299 e. The van der Waals surface area contributed by atoms with Crippen molar-refractivity contribution < 1.29 is 0 Å². The van der Waals surface area contributed by atoms with Gasteiger partial charge in [0.15, 0.2) is 0 Å². The van der Waals surface area contributed by atoms with Gasteiger partial charge in [-0.15, -0.1) is 11.8 Å². The average molecular weight is 320 g/mol. The van der Waals surface area contributed by atoms with Crippen LogP contribution in [-0.4, -0.2) is 24.0 Å². The minimum absolute atomic E-state index is 0.497. The van der Waals surface area contributed by atoms with Crippen molar-refractivity contribution in [3.05, 3.63) is 65.2 Å². The molecule has 0 unspecified atom stereocenters. The molecule has 0 radical (unpaired) electrons. The molecular weight excluding hydrogens is 300 g/mol.